The van der Waals surface area contributed by atoms with Crippen molar-refractivity contribution in [2.75, 3.05) is 17.6 Å². The van der Waals surface area contributed by atoms with Crippen LogP contribution in [0.25, 0.3) is 0 Å². The molecule has 1 unspecified atom stereocenters. The predicted molar refractivity (Wildman–Crippen MR) is 75.2 cm³/mol. The highest BCUT2D eigenvalue weighted by molar-refractivity contribution is 5.64. The monoisotopic (exact) mass is 235 g/mol. The third kappa shape index (κ3) is 4.25. The van der Waals surface area contributed by atoms with E-state index in [0.717, 1.165) is 29.5 Å². The van der Waals surface area contributed by atoms with Gasteiger partial charge in [-0.3, -0.25) is 0 Å². The summed E-state index contributed by atoms with van der Waals surface area (Å²) in [4.78, 5) is 4.29. The molecule has 0 saturated carbocycles. The van der Waals surface area contributed by atoms with Gasteiger partial charge in [0.2, 0.25) is 0 Å². The Morgan fingerprint density at radius 3 is 2.82 bits per heavy atom. The van der Waals surface area contributed by atoms with E-state index in [4.69, 9.17) is 5.73 Å². The molecule has 3 nitrogen and oxygen atoms in total. The van der Waals surface area contributed by atoms with Gasteiger partial charge in [-0.15, -0.1) is 0 Å². The van der Waals surface area contributed by atoms with Crippen LogP contribution < -0.4 is 11.1 Å². The summed E-state index contributed by atoms with van der Waals surface area (Å²) >= 11 is 0. The van der Waals surface area contributed by atoms with Crippen LogP contribution in [0.15, 0.2) is 12.3 Å². The Bertz CT molecular complexity index is 336. The number of rotatable bonds is 7. The number of nitrogens with two attached hydrogens (primary N) is 1. The van der Waals surface area contributed by atoms with Gasteiger partial charge in [-0.1, -0.05) is 33.1 Å². The fraction of sp³-hybridized carbons (Fsp3) is 0.643. The Morgan fingerprint density at radius 2 is 2.18 bits per heavy atom. The largest absolute Gasteiger partial charge is 0.396 e. The third-order valence-electron chi connectivity index (χ3n) is 3.31. The Balaban J connectivity index is 2.50. The number of nitrogen functional groups attached to an aromatic ring is 1. The topological polar surface area (TPSA) is 50.9 Å². The standard InChI is InChI=1S/C14H25N3/c1-4-6-7-12(5-2)10-17-14-13(15)11(3)8-9-16-14/h8-9,12H,4-7,10,15H2,1-3H3,(H,16,17). The summed E-state index contributed by atoms with van der Waals surface area (Å²) in [7, 11) is 0. The first kappa shape index (κ1) is 13.8. The lowest BCUT2D eigenvalue weighted by Crippen LogP contribution is -2.15. The van der Waals surface area contributed by atoms with E-state index in [1.807, 2.05) is 13.0 Å². The predicted octanol–water partition coefficient (Wildman–Crippen LogP) is 3.60. The molecular weight excluding hydrogens is 210 g/mol. The zero-order valence-electron chi connectivity index (χ0n) is 11.3. The number of pyridine rings is 1. The molecule has 17 heavy (non-hydrogen) atoms. The van der Waals surface area contributed by atoms with E-state index < -0.39 is 0 Å². The molecule has 0 aromatic carbocycles. The number of aromatic nitrogens is 1. The Morgan fingerprint density at radius 1 is 1.41 bits per heavy atom. The summed E-state index contributed by atoms with van der Waals surface area (Å²) in [6.07, 6.45) is 6.86. The number of anilines is 2. The van der Waals surface area contributed by atoms with Crippen LogP contribution in [0.1, 0.15) is 45.1 Å². The van der Waals surface area contributed by atoms with Crippen LogP contribution in [0.3, 0.4) is 0 Å². The van der Waals surface area contributed by atoms with Crippen LogP contribution in [0, 0.1) is 12.8 Å². The minimum absolute atomic E-state index is 0.719. The van der Waals surface area contributed by atoms with Gasteiger partial charge in [-0.05, 0) is 30.9 Å². The van der Waals surface area contributed by atoms with Gasteiger partial charge in [0.15, 0.2) is 0 Å². The molecule has 1 aromatic heterocycles. The summed E-state index contributed by atoms with van der Waals surface area (Å²) in [5.41, 5.74) is 7.85. The average molecular weight is 235 g/mol. The van der Waals surface area contributed by atoms with Crippen LogP contribution in [-0.2, 0) is 0 Å². The van der Waals surface area contributed by atoms with Crippen molar-refractivity contribution in [2.45, 2.75) is 46.5 Å². The van der Waals surface area contributed by atoms with Crippen molar-refractivity contribution < 1.29 is 0 Å². The van der Waals surface area contributed by atoms with Gasteiger partial charge in [0.05, 0.1) is 5.69 Å². The summed E-state index contributed by atoms with van der Waals surface area (Å²) in [5.74, 6) is 1.55. The lowest BCUT2D eigenvalue weighted by atomic mass is 9.99. The molecule has 0 spiro atoms. The normalized spacial score (nSPS) is 12.4. The maximum Gasteiger partial charge on any atom is 0.149 e. The van der Waals surface area contributed by atoms with Gasteiger partial charge in [0.1, 0.15) is 5.82 Å². The number of unbranched alkanes of at least 4 members (excludes halogenated alkanes) is 1. The molecule has 0 aliphatic heterocycles. The molecule has 0 saturated heterocycles. The molecule has 0 radical (unpaired) electrons. The van der Waals surface area contributed by atoms with Gasteiger partial charge in [0, 0.05) is 12.7 Å². The molecule has 96 valence electrons. The lowest BCUT2D eigenvalue weighted by Gasteiger charge is -2.17. The van der Waals surface area contributed by atoms with Crippen molar-refractivity contribution in [3.05, 3.63) is 17.8 Å². The second-order valence-electron chi connectivity index (χ2n) is 4.69. The first-order valence-electron chi connectivity index (χ1n) is 6.64. The van der Waals surface area contributed by atoms with Gasteiger partial charge in [0.25, 0.3) is 0 Å². The van der Waals surface area contributed by atoms with Gasteiger partial charge < -0.3 is 11.1 Å². The van der Waals surface area contributed by atoms with Gasteiger partial charge in [-0.2, -0.15) is 0 Å². The first-order chi connectivity index (χ1) is 8.19. The highest BCUT2D eigenvalue weighted by atomic mass is 15.0. The van der Waals surface area contributed by atoms with Crippen molar-refractivity contribution in [3.63, 3.8) is 0 Å². The van der Waals surface area contributed by atoms with E-state index in [2.05, 4.69) is 24.1 Å². The minimum Gasteiger partial charge on any atom is -0.396 e. The molecule has 1 atom stereocenters. The average Bonchev–Trinajstić information content (AvgIpc) is 2.34. The molecule has 1 heterocycles. The molecule has 1 rings (SSSR count). The molecule has 0 bridgehead atoms. The number of nitrogens with zero attached hydrogens (tertiary/aromatic N) is 1. The fourth-order valence-electron chi connectivity index (χ4n) is 1.89. The van der Waals surface area contributed by atoms with Crippen molar-refractivity contribution in [1.29, 1.82) is 0 Å². The van der Waals surface area contributed by atoms with Crippen molar-refractivity contribution in [1.82, 2.24) is 4.98 Å². The lowest BCUT2D eigenvalue weighted by molar-refractivity contribution is 0.472. The van der Waals surface area contributed by atoms with Crippen molar-refractivity contribution in [2.24, 2.45) is 5.92 Å². The molecular formula is C14H25N3. The van der Waals surface area contributed by atoms with Crippen LogP contribution in [0.2, 0.25) is 0 Å². The smallest absolute Gasteiger partial charge is 0.149 e. The van der Waals surface area contributed by atoms with Crippen molar-refractivity contribution >= 4 is 11.5 Å². The second-order valence-corrected chi connectivity index (χ2v) is 4.69. The molecule has 3 heteroatoms. The summed E-state index contributed by atoms with van der Waals surface area (Å²) in [6.45, 7) is 7.46. The Labute approximate surface area is 105 Å². The Kier molecular flexibility index (Phi) is 5.81. The van der Waals surface area contributed by atoms with Crippen LogP contribution >= 0.6 is 0 Å². The quantitative estimate of drug-likeness (QED) is 0.759. The highest BCUT2D eigenvalue weighted by Gasteiger charge is 2.08. The van der Waals surface area contributed by atoms with E-state index in [1.54, 1.807) is 6.20 Å². The molecule has 3 N–H and O–H groups in total. The zero-order valence-corrected chi connectivity index (χ0v) is 11.3. The van der Waals surface area contributed by atoms with E-state index in [0.29, 0.717) is 0 Å². The molecule has 0 fully saturated rings. The maximum absolute atomic E-state index is 5.99. The van der Waals surface area contributed by atoms with E-state index in [1.165, 1.54) is 25.7 Å². The number of hydrogen-bond acceptors (Lipinski definition) is 3. The van der Waals surface area contributed by atoms with Crippen molar-refractivity contribution in [3.8, 4) is 0 Å². The SMILES string of the molecule is CCCCC(CC)CNc1nccc(C)c1N. The first-order valence-corrected chi connectivity index (χ1v) is 6.64. The van der Waals surface area contributed by atoms with E-state index in [-0.39, 0.29) is 0 Å². The summed E-state index contributed by atoms with van der Waals surface area (Å²) < 4.78 is 0. The highest BCUT2D eigenvalue weighted by Crippen LogP contribution is 2.20. The molecule has 0 aliphatic rings. The van der Waals surface area contributed by atoms with Crippen LogP contribution in [-0.4, -0.2) is 11.5 Å². The number of aryl methyl sites for hydroxylation is 1. The van der Waals surface area contributed by atoms with Gasteiger partial charge in [-0.25, -0.2) is 4.98 Å². The van der Waals surface area contributed by atoms with Gasteiger partial charge >= 0.3 is 0 Å². The zero-order chi connectivity index (χ0) is 12.7. The maximum atomic E-state index is 5.99. The fourth-order valence-corrected chi connectivity index (χ4v) is 1.89. The van der Waals surface area contributed by atoms with E-state index >= 15 is 0 Å². The minimum atomic E-state index is 0.719. The second kappa shape index (κ2) is 7.15. The summed E-state index contributed by atoms with van der Waals surface area (Å²) in [5, 5.41) is 3.38. The number of hydrogen-bond donors (Lipinski definition) is 2. The third-order valence-corrected chi connectivity index (χ3v) is 3.31. The molecule has 0 amide bonds. The Hall–Kier alpha value is -1.25. The molecule has 0 aliphatic carbocycles. The van der Waals surface area contributed by atoms with E-state index in [9.17, 15) is 0 Å². The summed E-state index contributed by atoms with van der Waals surface area (Å²) in [6, 6.07) is 1.94. The van der Waals surface area contributed by atoms with Crippen LogP contribution in [0.5, 0.6) is 0 Å². The van der Waals surface area contributed by atoms with Crippen LogP contribution in [0.4, 0.5) is 11.5 Å². The molecule has 1 aromatic rings. The number of nitrogens with one attached hydrogen (secondary N) is 1.